The zero-order valence-electron chi connectivity index (χ0n) is 22.8. The molecule has 38 heavy (non-hydrogen) atoms. The Morgan fingerprint density at radius 1 is 1.03 bits per heavy atom. The normalized spacial score (nSPS) is 17.7. The minimum Gasteiger partial charge on any atom is -0.486 e. The van der Waals surface area contributed by atoms with E-state index in [1.54, 1.807) is 6.07 Å². The van der Waals surface area contributed by atoms with Crippen LogP contribution in [-0.4, -0.2) is 35.7 Å². The lowest BCUT2D eigenvalue weighted by atomic mass is 10.0. The van der Waals surface area contributed by atoms with Crippen molar-refractivity contribution in [2.45, 2.75) is 64.8 Å². The Morgan fingerprint density at radius 3 is 2.26 bits per heavy atom. The Morgan fingerprint density at radius 2 is 1.66 bits per heavy atom. The SMILES string of the molecule is CCC(C)(O)CNCc1ccccc1Br.CCC1(C)CNCc2ccccc2O1.O=Cc1ccccc1Br. The fourth-order valence-corrected chi connectivity index (χ4v) is 4.32. The smallest absolute Gasteiger partial charge is 0.151 e. The molecular formula is C31H40Br2N2O3. The Labute approximate surface area is 244 Å². The quantitative estimate of drug-likeness (QED) is 0.235. The molecule has 0 bridgehead atoms. The van der Waals surface area contributed by atoms with E-state index >= 15 is 0 Å². The summed E-state index contributed by atoms with van der Waals surface area (Å²) in [6.45, 7) is 11.4. The van der Waals surface area contributed by atoms with Gasteiger partial charge in [-0.05, 0) is 50.5 Å². The molecule has 0 saturated heterocycles. The highest BCUT2D eigenvalue weighted by atomic mass is 79.9. The summed E-state index contributed by atoms with van der Waals surface area (Å²) in [4.78, 5) is 10.2. The number of aliphatic hydroxyl groups is 1. The number of fused-ring (bicyclic) bond motifs is 1. The summed E-state index contributed by atoms with van der Waals surface area (Å²) in [6.07, 6.45) is 2.61. The molecule has 4 rings (SSSR count). The zero-order valence-corrected chi connectivity index (χ0v) is 25.9. The van der Waals surface area contributed by atoms with Crippen molar-refractivity contribution < 1.29 is 14.6 Å². The number of halogens is 2. The van der Waals surface area contributed by atoms with Gasteiger partial charge in [0.05, 0.1) is 5.60 Å². The summed E-state index contributed by atoms with van der Waals surface area (Å²) in [5.41, 5.74) is 2.49. The van der Waals surface area contributed by atoms with Gasteiger partial charge in [-0.1, -0.05) is 100 Å². The highest BCUT2D eigenvalue weighted by Gasteiger charge is 2.27. The van der Waals surface area contributed by atoms with Crippen LogP contribution >= 0.6 is 31.9 Å². The van der Waals surface area contributed by atoms with Crippen LogP contribution < -0.4 is 15.4 Å². The predicted molar refractivity (Wildman–Crippen MR) is 164 cm³/mol. The van der Waals surface area contributed by atoms with Gasteiger partial charge in [0.25, 0.3) is 0 Å². The monoisotopic (exact) mass is 646 g/mol. The summed E-state index contributed by atoms with van der Waals surface area (Å²) < 4.78 is 7.98. The summed E-state index contributed by atoms with van der Waals surface area (Å²) in [5, 5.41) is 16.5. The Kier molecular flexibility index (Phi) is 13.7. The number of hydrogen-bond acceptors (Lipinski definition) is 5. The van der Waals surface area contributed by atoms with Crippen LogP contribution in [0.4, 0.5) is 0 Å². The molecule has 3 aromatic carbocycles. The average molecular weight is 648 g/mol. The fourth-order valence-electron chi connectivity index (χ4n) is 3.51. The number of aldehydes is 1. The lowest BCUT2D eigenvalue weighted by Crippen LogP contribution is -2.40. The maximum Gasteiger partial charge on any atom is 0.151 e. The molecule has 7 heteroatoms. The van der Waals surface area contributed by atoms with E-state index in [0.29, 0.717) is 12.1 Å². The van der Waals surface area contributed by atoms with Crippen molar-refractivity contribution in [3.05, 3.63) is 98.4 Å². The second-order valence-electron chi connectivity index (χ2n) is 9.80. The first-order chi connectivity index (χ1) is 18.1. The highest BCUT2D eigenvalue weighted by Crippen LogP contribution is 2.27. The van der Waals surface area contributed by atoms with Gasteiger partial charge in [0.2, 0.25) is 0 Å². The second-order valence-corrected chi connectivity index (χ2v) is 11.5. The molecule has 1 aliphatic heterocycles. The summed E-state index contributed by atoms with van der Waals surface area (Å²) in [7, 11) is 0. The molecule has 1 heterocycles. The minimum absolute atomic E-state index is 0.0629. The number of benzene rings is 3. The molecule has 5 nitrogen and oxygen atoms in total. The first-order valence-electron chi connectivity index (χ1n) is 13.0. The second kappa shape index (κ2) is 16.2. The van der Waals surface area contributed by atoms with E-state index in [-0.39, 0.29) is 5.60 Å². The molecule has 0 aromatic heterocycles. The number of carbonyl (C=O) groups excluding carboxylic acids is 1. The first kappa shape index (κ1) is 32.2. The number of para-hydroxylation sites is 1. The molecule has 3 aromatic rings. The van der Waals surface area contributed by atoms with Crippen LogP contribution in [-0.2, 0) is 13.1 Å². The maximum atomic E-state index is 10.2. The predicted octanol–water partition coefficient (Wildman–Crippen LogP) is 7.30. The molecule has 2 unspecified atom stereocenters. The van der Waals surface area contributed by atoms with Crippen molar-refractivity contribution in [2.75, 3.05) is 13.1 Å². The Hall–Kier alpha value is -2.03. The van der Waals surface area contributed by atoms with Crippen molar-refractivity contribution in [1.29, 1.82) is 0 Å². The van der Waals surface area contributed by atoms with Crippen molar-refractivity contribution in [3.63, 3.8) is 0 Å². The van der Waals surface area contributed by atoms with Gasteiger partial charge in [-0.3, -0.25) is 4.79 Å². The number of hydrogen-bond donors (Lipinski definition) is 3. The van der Waals surface area contributed by atoms with Gasteiger partial charge < -0.3 is 20.5 Å². The summed E-state index contributed by atoms with van der Waals surface area (Å²) >= 11 is 6.72. The molecule has 0 fully saturated rings. The molecular weight excluding hydrogens is 608 g/mol. The average Bonchev–Trinajstić information content (AvgIpc) is 3.09. The maximum absolute atomic E-state index is 10.2. The number of nitrogens with one attached hydrogen (secondary N) is 2. The van der Waals surface area contributed by atoms with Crippen molar-refractivity contribution >= 4 is 38.1 Å². The van der Waals surface area contributed by atoms with E-state index in [4.69, 9.17) is 4.74 Å². The first-order valence-corrected chi connectivity index (χ1v) is 14.6. The van der Waals surface area contributed by atoms with Crippen LogP contribution in [0, 0.1) is 0 Å². The van der Waals surface area contributed by atoms with Crippen LogP contribution in [0.15, 0.2) is 81.7 Å². The largest absolute Gasteiger partial charge is 0.486 e. The van der Waals surface area contributed by atoms with Gasteiger partial charge >= 0.3 is 0 Å². The third-order valence-corrected chi connectivity index (χ3v) is 7.96. The standard InChI is InChI=1S/C12H18BrNO.C12H17NO.C7H5BrO/c1-3-12(2,15)9-14-8-10-6-4-5-7-11(10)13;1-3-12(2)9-13-8-10-6-4-5-7-11(10)14-12;8-7-4-2-1-3-6(7)5-9/h4-7,14-15H,3,8-9H2,1-2H3;4-7,13H,3,8-9H2,1-2H3;1-5H. The van der Waals surface area contributed by atoms with Gasteiger partial charge in [-0.25, -0.2) is 0 Å². The fraction of sp³-hybridized carbons (Fsp3) is 0.387. The van der Waals surface area contributed by atoms with Gasteiger partial charge in [0.1, 0.15) is 11.4 Å². The molecule has 2 atom stereocenters. The topological polar surface area (TPSA) is 70.6 Å². The number of carbonyl (C=O) groups is 1. The highest BCUT2D eigenvalue weighted by molar-refractivity contribution is 9.10. The minimum atomic E-state index is -0.610. The molecule has 3 N–H and O–H groups in total. The van der Waals surface area contributed by atoms with E-state index < -0.39 is 5.60 Å². The number of rotatable bonds is 7. The van der Waals surface area contributed by atoms with Gasteiger partial charge in [-0.2, -0.15) is 0 Å². The molecule has 206 valence electrons. The van der Waals surface area contributed by atoms with E-state index in [2.05, 4.69) is 80.6 Å². The van der Waals surface area contributed by atoms with Crippen LogP contribution in [0.25, 0.3) is 0 Å². The third-order valence-electron chi connectivity index (χ3n) is 6.46. The lowest BCUT2D eigenvalue weighted by molar-refractivity contribution is 0.0555. The van der Waals surface area contributed by atoms with Crippen LogP contribution in [0.1, 0.15) is 62.0 Å². The van der Waals surface area contributed by atoms with Crippen LogP contribution in [0.5, 0.6) is 5.75 Å². The van der Waals surface area contributed by atoms with Crippen molar-refractivity contribution in [3.8, 4) is 5.75 Å². The van der Waals surface area contributed by atoms with Gasteiger partial charge in [-0.15, -0.1) is 0 Å². The molecule has 0 radical (unpaired) electrons. The number of ether oxygens (including phenoxy) is 1. The van der Waals surface area contributed by atoms with E-state index in [1.165, 1.54) is 11.1 Å². The molecule has 1 aliphatic rings. The van der Waals surface area contributed by atoms with E-state index in [0.717, 1.165) is 53.5 Å². The van der Waals surface area contributed by atoms with Crippen molar-refractivity contribution in [2.24, 2.45) is 0 Å². The molecule has 0 aliphatic carbocycles. The lowest BCUT2D eigenvalue weighted by Gasteiger charge is -2.27. The van der Waals surface area contributed by atoms with Crippen molar-refractivity contribution in [1.82, 2.24) is 10.6 Å². The Bertz CT molecular complexity index is 1140. The molecule has 0 saturated carbocycles. The Balaban J connectivity index is 0.000000206. The van der Waals surface area contributed by atoms with Gasteiger partial charge in [0, 0.05) is 46.3 Å². The molecule has 0 amide bonds. The van der Waals surface area contributed by atoms with Gasteiger partial charge in [0.15, 0.2) is 6.29 Å². The van der Waals surface area contributed by atoms with E-state index in [1.807, 2.05) is 56.3 Å². The molecule has 0 spiro atoms. The third kappa shape index (κ3) is 11.0. The summed E-state index contributed by atoms with van der Waals surface area (Å²) in [5.74, 6) is 1.03. The zero-order chi connectivity index (χ0) is 28.0. The van der Waals surface area contributed by atoms with E-state index in [9.17, 15) is 9.90 Å². The summed E-state index contributed by atoms with van der Waals surface area (Å²) in [6, 6.07) is 23.6. The van der Waals surface area contributed by atoms with Crippen LogP contribution in [0.3, 0.4) is 0 Å². The van der Waals surface area contributed by atoms with Crippen LogP contribution in [0.2, 0.25) is 0 Å².